The van der Waals surface area contributed by atoms with E-state index in [9.17, 15) is 9.59 Å². The molecule has 2 aliphatic heterocycles. The van der Waals surface area contributed by atoms with Crippen molar-refractivity contribution in [3.05, 3.63) is 42.0 Å². The van der Waals surface area contributed by atoms with E-state index < -0.39 is 0 Å². The van der Waals surface area contributed by atoms with E-state index in [1.807, 2.05) is 46.2 Å². The average molecular weight is 410 g/mol. The molecule has 0 N–H and O–H groups in total. The van der Waals surface area contributed by atoms with Gasteiger partial charge in [0.1, 0.15) is 5.75 Å². The molecule has 6 nitrogen and oxygen atoms in total. The molecule has 2 saturated heterocycles. The molecular formula is C24H31N3O3. The van der Waals surface area contributed by atoms with Crippen LogP contribution in [0.25, 0.3) is 10.8 Å². The summed E-state index contributed by atoms with van der Waals surface area (Å²) < 4.78 is 5.46. The number of rotatable bonds is 3. The molecule has 0 spiro atoms. The molecule has 0 unspecified atom stereocenters. The van der Waals surface area contributed by atoms with Crippen molar-refractivity contribution in [2.75, 3.05) is 53.4 Å². The topological polar surface area (TPSA) is 53.1 Å². The molecule has 0 aliphatic carbocycles. The Hall–Kier alpha value is -2.60. The highest BCUT2D eigenvalue weighted by molar-refractivity contribution is 6.08. The molecule has 160 valence electrons. The molecule has 2 heterocycles. The van der Waals surface area contributed by atoms with E-state index in [1.165, 1.54) is 0 Å². The summed E-state index contributed by atoms with van der Waals surface area (Å²) in [6.45, 7) is 4.75. The number of amides is 2. The Morgan fingerprint density at radius 3 is 2.47 bits per heavy atom. The zero-order valence-corrected chi connectivity index (χ0v) is 18.0. The van der Waals surface area contributed by atoms with E-state index in [2.05, 4.69) is 11.9 Å². The van der Waals surface area contributed by atoms with Gasteiger partial charge in [-0.05, 0) is 50.4 Å². The minimum atomic E-state index is -0.101. The van der Waals surface area contributed by atoms with Gasteiger partial charge in [0.05, 0.1) is 13.0 Å². The number of likely N-dealkylation sites (tertiary alicyclic amines) is 1. The van der Waals surface area contributed by atoms with Crippen molar-refractivity contribution in [3.8, 4) is 5.75 Å². The van der Waals surface area contributed by atoms with Crippen LogP contribution in [0.2, 0.25) is 0 Å². The van der Waals surface area contributed by atoms with E-state index >= 15 is 0 Å². The van der Waals surface area contributed by atoms with Crippen LogP contribution in [0.15, 0.2) is 36.4 Å². The van der Waals surface area contributed by atoms with Gasteiger partial charge < -0.3 is 19.4 Å². The van der Waals surface area contributed by atoms with Gasteiger partial charge in [-0.15, -0.1) is 0 Å². The van der Waals surface area contributed by atoms with Crippen LogP contribution in [-0.4, -0.2) is 79.9 Å². The molecule has 6 heteroatoms. The number of nitrogens with zero attached hydrogens (tertiary/aromatic N) is 3. The summed E-state index contributed by atoms with van der Waals surface area (Å²) in [5.74, 6) is 0.875. The normalized spacial score (nSPS) is 20.8. The van der Waals surface area contributed by atoms with Crippen molar-refractivity contribution in [1.29, 1.82) is 0 Å². The molecule has 2 aromatic carbocycles. The lowest BCUT2D eigenvalue weighted by atomic mass is 9.95. The van der Waals surface area contributed by atoms with Crippen LogP contribution < -0.4 is 4.74 Å². The number of carbonyl (C=O) groups excluding carboxylic acids is 2. The number of piperidine rings is 1. The van der Waals surface area contributed by atoms with E-state index in [-0.39, 0.29) is 17.7 Å². The van der Waals surface area contributed by atoms with Crippen LogP contribution in [-0.2, 0) is 4.79 Å². The summed E-state index contributed by atoms with van der Waals surface area (Å²) in [5, 5.41) is 1.83. The maximum atomic E-state index is 13.4. The Morgan fingerprint density at radius 1 is 0.900 bits per heavy atom. The van der Waals surface area contributed by atoms with Crippen molar-refractivity contribution in [2.24, 2.45) is 5.92 Å². The largest absolute Gasteiger partial charge is 0.496 e. The van der Waals surface area contributed by atoms with Crippen molar-refractivity contribution >= 4 is 22.6 Å². The zero-order chi connectivity index (χ0) is 21.1. The highest BCUT2D eigenvalue weighted by Gasteiger charge is 2.32. The van der Waals surface area contributed by atoms with Crippen molar-refractivity contribution in [2.45, 2.75) is 19.3 Å². The fourth-order valence-corrected chi connectivity index (χ4v) is 4.69. The summed E-state index contributed by atoms with van der Waals surface area (Å²) in [7, 11) is 3.75. The second-order valence-corrected chi connectivity index (χ2v) is 8.43. The molecule has 0 saturated carbocycles. The maximum absolute atomic E-state index is 13.4. The third-order valence-electron chi connectivity index (χ3n) is 6.42. The summed E-state index contributed by atoms with van der Waals surface area (Å²) in [6, 6.07) is 11.5. The van der Waals surface area contributed by atoms with Crippen LogP contribution in [0.1, 0.15) is 29.6 Å². The van der Waals surface area contributed by atoms with Crippen molar-refractivity contribution in [3.63, 3.8) is 0 Å². The smallest absolute Gasteiger partial charge is 0.254 e. The van der Waals surface area contributed by atoms with Gasteiger partial charge in [0.15, 0.2) is 0 Å². The number of methoxy groups -OCH3 is 1. The first-order valence-corrected chi connectivity index (χ1v) is 10.9. The quantitative estimate of drug-likeness (QED) is 0.782. The third kappa shape index (κ3) is 4.15. The summed E-state index contributed by atoms with van der Waals surface area (Å²) in [4.78, 5) is 32.7. The molecule has 2 aliphatic rings. The summed E-state index contributed by atoms with van der Waals surface area (Å²) in [5.41, 5.74) is 0.677. The van der Waals surface area contributed by atoms with Crippen LogP contribution in [0, 0.1) is 5.92 Å². The second kappa shape index (κ2) is 9.04. The number of carbonyl (C=O) groups is 2. The Labute approximate surface area is 178 Å². The highest BCUT2D eigenvalue weighted by Crippen LogP contribution is 2.30. The first-order valence-electron chi connectivity index (χ1n) is 10.9. The minimum absolute atomic E-state index is 0.00181. The van der Waals surface area contributed by atoms with Gasteiger partial charge in [0.2, 0.25) is 5.91 Å². The van der Waals surface area contributed by atoms with Gasteiger partial charge in [0.25, 0.3) is 5.91 Å². The lowest BCUT2D eigenvalue weighted by molar-refractivity contribution is -0.136. The summed E-state index contributed by atoms with van der Waals surface area (Å²) >= 11 is 0. The molecule has 2 aromatic rings. The van der Waals surface area contributed by atoms with Crippen LogP contribution in [0.3, 0.4) is 0 Å². The molecular weight excluding hydrogens is 378 g/mol. The average Bonchev–Trinajstić information content (AvgIpc) is 3.02. The fraction of sp³-hybridized carbons (Fsp3) is 0.500. The monoisotopic (exact) mass is 409 g/mol. The Kier molecular flexibility index (Phi) is 6.23. The lowest BCUT2D eigenvalue weighted by Gasteiger charge is -2.35. The number of likely N-dealkylation sites (N-methyl/N-ethyl adjacent to an activating group) is 1. The Bertz CT molecular complexity index is 929. The van der Waals surface area contributed by atoms with E-state index in [0.29, 0.717) is 18.7 Å². The van der Waals surface area contributed by atoms with Crippen LogP contribution >= 0.6 is 0 Å². The SMILES string of the molecule is COc1ccc(C(=O)N2CCC[C@@H](C(=O)N3CCCN(C)CC3)C2)c2ccccc12. The molecule has 0 bridgehead atoms. The van der Waals surface area contributed by atoms with Crippen molar-refractivity contribution in [1.82, 2.24) is 14.7 Å². The first kappa shape index (κ1) is 20.7. The van der Waals surface area contributed by atoms with E-state index in [0.717, 1.165) is 62.0 Å². The highest BCUT2D eigenvalue weighted by atomic mass is 16.5. The van der Waals surface area contributed by atoms with Crippen molar-refractivity contribution < 1.29 is 14.3 Å². The van der Waals surface area contributed by atoms with Gasteiger partial charge in [-0.25, -0.2) is 0 Å². The van der Waals surface area contributed by atoms with E-state index in [4.69, 9.17) is 4.74 Å². The second-order valence-electron chi connectivity index (χ2n) is 8.43. The predicted molar refractivity (Wildman–Crippen MR) is 118 cm³/mol. The van der Waals surface area contributed by atoms with Crippen LogP contribution in [0.5, 0.6) is 5.75 Å². The fourth-order valence-electron chi connectivity index (χ4n) is 4.69. The van der Waals surface area contributed by atoms with E-state index in [1.54, 1.807) is 7.11 Å². The molecule has 0 aromatic heterocycles. The minimum Gasteiger partial charge on any atom is -0.496 e. The molecule has 30 heavy (non-hydrogen) atoms. The molecule has 2 fully saturated rings. The number of hydrogen-bond donors (Lipinski definition) is 0. The first-order chi connectivity index (χ1) is 14.6. The molecule has 1 atom stereocenters. The Morgan fingerprint density at radius 2 is 1.67 bits per heavy atom. The standard InChI is InChI=1S/C24H31N3O3/c1-25-12-6-14-26(16-15-25)23(28)18-7-5-13-27(17-18)24(29)21-10-11-22(30-2)20-9-4-3-8-19(20)21/h3-4,8-11,18H,5-7,12-17H2,1-2H3/t18-/m1/s1. The Balaban J connectivity index is 1.52. The summed E-state index contributed by atoms with van der Waals surface area (Å²) in [6.07, 6.45) is 2.73. The molecule has 4 rings (SSSR count). The molecule has 0 radical (unpaired) electrons. The number of ether oxygens (including phenoxy) is 1. The lowest BCUT2D eigenvalue weighted by Crippen LogP contribution is -2.47. The van der Waals surface area contributed by atoms with Gasteiger partial charge in [0, 0.05) is 43.7 Å². The van der Waals surface area contributed by atoms with Gasteiger partial charge in [-0.3, -0.25) is 9.59 Å². The number of fused-ring (bicyclic) bond motifs is 1. The number of benzene rings is 2. The third-order valence-corrected chi connectivity index (χ3v) is 6.42. The zero-order valence-electron chi connectivity index (χ0n) is 18.0. The number of hydrogen-bond acceptors (Lipinski definition) is 4. The maximum Gasteiger partial charge on any atom is 0.254 e. The van der Waals surface area contributed by atoms with Gasteiger partial charge in [-0.2, -0.15) is 0 Å². The predicted octanol–water partition coefficient (Wildman–Crippen LogP) is 2.86. The van der Waals surface area contributed by atoms with Gasteiger partial charge in [-0.1, -0.05) is 24.3 Å². The molecule has 2 amide bonds. The van der Waals surface area contributed by atoms with Gasteiger partial charge >= 0.3 is 0 Å². The van der Waals surface area contributed by atoms with Crippen LogP contribution in [0.4, 0.5) is 0 Å².